The second kappa shape index (κ2) is 9.10. The van der Waals surface area contributed by atoms with Crippen LogP contribution in [-0.2, 0) is 4.79 Å². The highest BCUT2D eigenvalue weighted by Crippen LogP contribution is 2.27. The molecule has 0 aromatic heterocycles. The number of carbonyl (C=O) groups excluding carboxylic acids is 1. The van der Waals surface area contributed by atoms with Crippen molar-refractivity contribution in [3.63, 3.8) is 0 Å². The van der Waals surface area contributed by atoms with Crippen LogP contribution < -0.4 is 10.6 Å². The fourth-order valence-electron chi connectivity index (χ4n) is 3.20. The van der Waals surface area contributed by atoms with E-state index in [1.807, 2.05) is 49.3 Å². The van der Waals surface area contributed by atoms with Crippen LogP contribution in [0.5, 0.6) is 0 Å². The van der Waals surface area contributed by atoms with Crippen molar-refractivity contribution in [3.8, 4) is 0 Å². The topological polar surface area (TPSA) is 81.7 Å². The monoisotopic (exact) mass is 365 g/mol. The summed E-state index contributed by atoms with van der Waals surface area (Å²) in [6, 6.07) is 8.15. The number of likely N-dealkylation sites (N-methyl/N-ethyl adjacent to an activating group) is 1. The van der Waals surface area contributed by atoms with Crippen LogP contribution in [0.25, 0.3) is 0 Å². The van der Waals surface area contributed by atoms with Gasteiger partial charge in [0.05, 0.1) is 12.6 Å². The van der Waals surface area contributed by atoms with E-state index in [9.17, 15) is 9.59 Å². The van der Waals surface area contributed by atoms with Crippen molar-refractivity contribution in [2.24, 2.45) is 0 Å². The van der Waals surface area contributed by atoms with Gasteiger partial charge in [-0.15, -0.1) is 11.8 Å². The Balaban J connectivity index is 1.79. The molecular formula is C18H27N3O3S. The maximum absolute atomic E-state index is 12.2. The van der Waals surface area contributed by atoms with E-state index in [1.54, 1.807) is 11.8 Å². The van der Waals surface area contributed by atoms with Gasteiger partial charge in [0.1, 0.15) is 0 Å². The Morgan fingerprint density at radius 1 is 1.36 bits per heavy atom. The Kier molecular flexibility index (Phi) is 7.13. The van der Waals surface area contributed by atoms with Gasteiger partial charge in [-0.25, -0.2) is 4.79 Å². The number of carbonyl (C=O) groups is 2. The Morgan fingerprint density at radius 2 is 2.04 bits per heavy atom. The number of urea groups is 1. The standard InChI is InChI=1S/C18H27N3O3S/c1-4-21(11-17(22)23)14-9-13(10-14)20-18(24)19-12(2)15-7-5-6-8-16(15)25-3/h5-8,12-14H,4,9-11H2,1-3H3,(H,22,23)(H2,19,20,24)/t12-,13?,14?/m0/s1. The van der Waals surface area contributed by atoms with Crippen molar-refractivity contribution >= 4 is 23.8 Å². The largest absolute Gasteiger partial charge is 0.480 e. The zero-order valence-corrected chi connectivity index (χ0v) is 15.8. The second-order valence-corrected chi connectivity index (χ2v) is 7.21. The van der Waals surface area contributed by atoms with Crippen molar-refractivity contribution in [1.82, 2.24) is 15.5 Å². The van der Waals surface area contributed by atoms with E-state index in [-0.39, 0.29) is 30.7 Å². The van der Waals surface area contributed by atoms with Gasteiger partial charge in [-0.3, -0.25) is 9.69 Å². The molecular weight excluding hydrogens is 338 g/mol. The lowest BCUT2D eigenvalue weighted by Gasteiger charge is -2.42. The first-order valence-corrected chi connectivity index (χ1v) is 9.82. The molecule has 1 saturated carbocycles. The van der Waals surface area contributed by atoms with Crippen molar-refractivity contribution in [3.05, 3.63) is 29.8 Å². The van der Waals surface area contributed by atoms with Gasteiger partial charge in [-0.1, -0.05) is 25.1 Å². The molecule has 1 aliphatic rings. The summed E-state index contributed by atoms with van der Waals surface area (Å²) in [5, 5.41) is 14.9. The number of nitrogens with one attached hydrogen (secondary N) is 2. The number of benzene rings is 1. The molecule has 0 radical (unpaired) electrons. The number of hydrogen-bond donors (Lipinski definition) is 3. The molecule has 1 aromatic carbocycles. The molecule has 138 valence electrons. The van der Waals surface area contributed by atoms with Crippen LogP contribution in [0.1, 0.15) is 38.3 Å². The molecule has 6 nitrogen and oxygen atoms in total. The lowest BCUT2D eigenvalue weighted by Crippen LogP contribution is -2.56. The third-order valence-electron chi connectivity index (χ3n) is 4.66. The van der Waals surface area contributed by atoms with Crippen molar-refractivity contribution in [1.29, 1.82) is 0 Å². The van der Waals surface area contributed by atoms with Crippen LogP contribution in [0, 0.1) is 0 Å². The van der Waals surface area contributed by atoms with E-state index in [0.717, 1.165) is 23.3 Å². The first-order valence-electron chi connectivity index (χ1n) is 8.60. The predicted octanol–water partition coefficient (Wildman–Crippen LogP) is 2.71. The molecule has 0 aliphatic heterocycles. The highest BCUT2D eigenvalue weighted by Gasteiger charge is 2.34. The lowest BCUT2D eigenvalue weighted by molar-refractivity contribution is -0.139. The van der Waals surface area contributed by atoms with Crippen LogP contribution in [0.2, 0.25) is 0 Å². The molecule has 0 saturated heterocycles. The SMILES string of the molecule is CCN(CC(=O)O)C1CC(NC(=O)N[C@@H](C)c2ccccc2SC)C1. The highest BCUT2D eigenvalue weighted by molar-refractivity contribution is 7.98. The molecule has 7 heteroatoms. The lowest BCUT2D eigenvalue weighted by atomic mass is 9.85. The third-order valence-corrected chi connectivity index (χ3v) is 5.47. The van der Waals surface area contributed by atoms with Crippen LogP contribution in [0.3, 0.4) is 0 Å². The molecule has 2 amide bonds. The van der Waals surface area contributed by atoms with E-state index in [0.29, 0.717) is 6.54 Å². The molecule has 1 aromatic rings. The van der Waals surface area contributed by atoms with Gasteiger partial charge >= 0.3 is 12.0 Å². The predicted molar refractivity (Wildman–Crippen MR) is 100.0 cm³/mol. The molecule has 0 unspecified atom stereocenters. The number of amides is 2. The summed E-state index contributed by atoms with van der Waals surface area (Å²) >= 11 is 1.67. The summed E-state index contributed by atoms with van der Waals surface area (Å²) < 4.78 is 0. The van der Waals surface area contributed by atoms with Crippen LogP contribution in [0.15, 0.2) is 29.2 Å². The number of nitrogens with zero attached hydrogens (tertiary/aromatic N) is 1. The number of aliphatic carboxylic acids is 1. The molecule has 1 atom stereocenters. The number of hydrogen-bond acceptors (Lipinski definition) is 4. The van der Waals surface area contributed by atoms with Gasteiger partial charge in [0.25, 0.3) is 0 Å². The van der Waals surface area contributed by atoms with Crippen molar-refractivity contribution < 1.29 is 14.7 Å². The third kappa shape index (κ3) is 5.37. The summed E-state index contributed by atoms with van der Waals surface area (Å²) in [6.45, 7) is 4.70. The maximum Gasteiger partial charge on any atom is 0.317 e. The molecule has 3 N–H and O–H groups in total. The summed E-state index contributed by atoms with van der Waals surface area (Å²) in [7, 11) is 0. The molecule has 0 bridgehead atoms. The fraction of sp³-hybridized carbons (Fsp3) is 0.556. The smallest absolute Gasteiger partial charge is 0.317 e. The van der Waals surface area contributed by atoms with Gasteiger partial charge in [-0.2, -0.15) is 0 Å². The minimum Gasteiger partial charge on any atom is -0.480 e. The normalized spacial score (nSPS) is 20.6. The van der Waals surface area contributed by atoms with E-state index in [4.69, 9.17) is 5.11 Å². The first kappa shape index (κ1) is 19.6. The average Bonchev–Trinajstić information content (AvgIpc) is 2.55. The van der Waals surface area contributed by atoms with Gasteiger partial charge in [-0.05, 0) is 44.2 Å². The number of carboxylic acids is 1. The highest BCUT2D eigenvalue weighted by atomic mass is 32.2. The first-order chi connectivity index (χ1) is 11.9. The van der Waals surface area contributed by atoms with E-state index < -0.39 is 5.97 Å². The van der Waals surface area contributed by atoms with Gasteiger partial charge < -0.3 is 15.7 Å². The summed E-state index contributed by atoms with van der Waals surface area (Å²) in [4.78, 5) is 26.2. The number of thioether (sulfide) groups is 1. The molecule has 1 aliphatic carbocycles. The van der Waals surface area contributed by atoms with E-state index in [1.165, 1.54) is 0 Å². The zero-order chi connectivity index (χ0) is 18.4. The molecule has 1 fully saturated rings. The number of carboxylic acid groups (broad SMARTS) is 1. The van der Waals surface area contributed by atoms with E-state index in [2.05, 4.69) is 10.6 Å². The molecule has 0 spiro atoms. The Bertz CT molecular complexity index is 605. The second-order valence-electron chi connectivity index (χ2n) is 6.36. The fourth-order valence-corrected chi connectivity index (χ4v) is 3.90. The van der Waals surface area contributed by atoms with Crippen molar-refractivity contribution in [2.45, 2.75) is 49.7 Å². The van der Waals surface area contributed by atoms with Crippen LogP contribution in [-0.4, -0.2) is 53.4 Å². The van der Waals surface area contributed by atoms with Gasteiger partial charge in [0, 0.05) is 17.0 Å². The quantitative estimate of drug-likeness (QED) is 0.617. The average molecular weight is 365 g/mol. The maximum atomic E-state index is 12.2. The Hall–Kier alpha value is -1.73. The minimum absolute atomic E-state index is 0.0581. The van der Waals surface area contributed by atoms with E-state index >= 15 is 0 Å². The Morgan fingerprint density at radius 3 is 2.64 bits per heavy atom. The zero-order valence-electron chi connectivity index (χ0n) is 15.0. The summed E-state index contributed by atoms with van der Waals surface area (Å²) in [5.41, 5.74) is 1.11. The van der Waals surface area contributed by atoms with Crippen molar-refractivity contribution in [2.75, 3.05) is 19.3 Å². The summed E-state index contributed by atoms with van der Waals surface area (Å²) in [5.74, 6) is -0.808. The minimum atomic E-state index is -0.808. The Labute approximate surface area is 153 Å². The molecule has 0 heterocycles. The van der Waals surface area contributed by atoms with Crippen LogP contribution in [0.4, 0.5) is 4.79 Å². The summed E-state index contributed by atoms with van der Waals surface area (Å²) in [6.07, 6.45) is 3.62. The van der Waals surface area contributed by atoms with Gasteiger partial charge in [0.2, 0.25) is 0 Å². The molecule has 25 heavy (non-hydrogen) atoms. The van der Waals surface area contributed by atoms with Crippen LogP contribution >= 0.6 is 11.8 Å². The van der Waals surface area contributed by atoms with Gasteiger partial charge in [0.15, 0.2) is 0 Å². The molecule has 2 rings (SSSR count). The number of rotatable bonds is 8.